The van der Waals surface area contributed by atoms with Crippen LogP contribution in [-0.2, 0) is 9.26 Å². The van der Waals surface area contributed by atoms with Gasteiger partial charge in [-0.2, -0.15) is 0 Å². The molecule has 1 heterocycles. The number of halogens is 2. The number of carbonyl (C=O) groups is 1. The Kier molecular flexibility index (Phi) is 5.09. The van der Waals surface area contributed by atoms with Crippen molar-refractivity contribution < 1.29 is 14.1 Å². The molecular formula is C14H15Cl2O3P. The predicted molar refractivity (Wildman–Crippen MR) is 83.8 cm³/mol. The van der Waals surface area contributed by atoms with Gasteiger partial charge in [0.2, 0.25) is 0 Å². The summed E-state index contributed by atoms with van der Waals surface area (Å²) in [5, 5.41) is 1.87. The standard InChI is InChI=1S/C14H15Cl2O3P/c1-4-19-20-8(2)12(20)7-9-5-10(15)13(11(16)6-9)14(17)18-3/h5-8H,4H2,1-3H3/b12-7+/t8-,20?/m1/s1. The Morgan fingerprint density at radius 1 is 1.40 bits per heavy atom. The van der Waals surface area contributed by atoms with Crippen LogP contribution in [0.25, 0.3) is 6.08 Å². The number of benzene rings is 1. The van der Waals surface area contributed by atoms with E-state index in [-0.39, 0.29) is 5.56 Å². The molecule has 1 aromatic rings. The Morgan fingerprint density at radius 2 is 2.00 bits per heavy atom. The second-order valence-electron chi connectivity index (χ2n) is 4.34. The molecule has 1 aliphatic heterocycles. The van der Waals surface area contributed by atoms with Gasteiger partial charge >= 0.3 is 5.97 Å². The summed E-state index contributed by atoms with van der Waals surface area (Å²) in [7, 11) is 0.840. The van der Waals surface area contributed by atoms with Crippen LogP contribution in [0.1, 0.15) is 29.8 Å². The first kappa shape index (κ1) is 15.8. The van der Waals surface area contributed by atoms with E-state index in [1.165, 1.54) is 12.4 Å². The molecule has 0 amide bonds. The lowest BCUT2D eigenvalue weighted by Crippen LogP contribution is -2.03. The van der Waals surface area contributed by atoms with E-state index in [1.54, 1.807) is 12.1 Å². The van der Waals surface area contributed by atoms with Crippen LogP contribution in [0.15, 0.2) is 17.4 Å². The number of carbonyl (C=O) groups excluding carboxylic acids is 1. The summed E-state index contributed by atoms with van der Waals surface area (Å²) in [4.78, 5) is 11.6. The van der Waals surface area contributed by atoms with Crippen LogP contribution in [0.4, 0.5) is 0 Å². The molecule has 1 aromatic carbocycles. The third-order valence-electron chi connectivity index (χ3n) is 3.00. The van der Waals surface area contributed by atoms with E-state index in [0.717, 1.165) is 12.2 Å². The van der Waals surface area contributed by atoms with Crippen LogP contribution in [-0.4, -0.2) is 25.3 Å². The molecule has 0 bridgehead atoms. The van der Waals surface area contributed by atoms with E-state index in [1.807, 2.05) is 13.0 Å². The van der Waals surface area contributed by atoms with Gasteiger partial charge in [0.1, 0.15) is 0 Å². The molecule has 2 rings (SSSR count). The van der Waals surface area contributed by atoms with Gasteiger partial charge in [0, 0.05) is 12.3 Å². The van der Waals surface area contributed by atoms with Crippen molar-refractivity contribution in [2.75, 3.05) is 13.7 Å². The summed E-state index contributed by atoms with van der Waals surface area (Å²) in [6.07, 6.45) is 2.03. The molecule has 1 aliphatic rings. The minimum Gasteiger partial charge on any atom is -0.465 e. The molecule has 1 unspecified atom stereocenters. The molecule has 0 aliphatic carbocycles. The molecule has 0 saturated carbocycles. The molecule has 1 fully saturated rings. The summed E-state index contributed by atoms with van der Waals surface area (Å²) in [6, 6.07) is 3.44. The fourth-order valence-corrected chi connectivity index (χ4v) is 4.33. The molecule has 0 spiro atoms. The number of hydrogen-bond donors (Lipinski definition) is 0. The third kappa shape index (κ3) is 3.17. The summed E-state index contributed by atoms with van der Waals surface area (Å²) in [5.41, 5.74) is 1.55. The fourth-order valence-electron chi connectivity index (χ4n) is 1.95. The third-order valence-corrected chi connectivity index (χ3v) is 5.86. The normalized spacial score (nSPS) is 22.9. The van der Waals surface area contributed by atoms with Crippen molar-refractivity contribution in [1.29, 1.82) is 0 Å². The van der Waals surface area contributed by atoms with Crippen LogP contribution < -0.4 is 0 Å². The van der Waals surface area contributed by atoms with Crippen molar-refractivity contribution in [3.05, 3.63) is 38.6 Å². The van der Waals surface area contributed by atoms with Crippen molar-refractivity contribution in [2.45, 2.75) is 19.5 Å². The summed E-state index contributed by atoms with van der Waals surface area (Å²) >= 11 is 12.2. The van der Waals surface area contributed by atoms with Gasteiger partial charge in [-0.1, -0.05) is 30.1 Å². The average Bonchev–Trinajstić information content (AvgIpc) is 2.98. The Bertz CT molecular complexity index is 549. The van der Waals surface area contributed by atoms with Gasteiger partial charge in [-0.3, -0.25) is 0 Å². The zero-order valence-corrected chi connectivity index (χ0v) is 13.9. The lowest BCUT2D eigenvalue weighted by molar-refractivity contribution is 0.0601. The van der Waals surface area contributed by atoms with E-state index >= 15 is 0 Å². The SMILES string of the molecule is CCOP1/C(=C/c2cc(Cl)c(C(=O)OC)c(Cl)c2)[C@H]1C. The molecule has 3 nitrogen and oxygen atoms in total. The van der Waals surface area contributed by atoms with Gasteiger partial charge in [-0.05, 0) is 36.0 Å². The van der Waals surface area contributed by atoms with Crippen molar-refractivity contribution >= 4 is 43.4 Å². The maximum absolute atomic E-state index is 11.6. The highest BCUT2D eigenvalue weighted by Crippen LogP contribution is 2.71. The second kappa shape index (κ2) is 6.44. The Labute approximate surface area is 129 Å². The lowest BCUT2D eigenvalue weighted by Gasteiger charge is -2.06. The maximum atomic E-state index is 11.6. The van der Waals surface area contributed by atoms with E-state index in [4.69, 9.17) is 27.7 Å². The van der Waals surface area contributed by atoms with Gasteiger partial charge in [-0.25, -0.2) is 4.79 Å². The highest BCUT2D eigenvalue weighted by atomic mass is 35.5. The predicted octanol–water partition coefficient (Wildman–Crippen LogP) is 4.96. The van der Waals surface area contributed by atoms with Crippen LogP contribution in [0, 0.1) is 0 Å². The molecule has 2 atom stereocenters. The number of esters is 1. The van der Waals surface area contributed by atoms with Crippen molar-refractivity contribution in [2.24, 2.45) is 0 Å². The minimum absolute atomic E-state index is 0.203. The molecule has 0 aromatic heterocycles. The lowest BCUT2D eigenvalue weighted by atomic mass is 10.1. The zero-order chi connectivity index (χ0) is 14.9. The fraction of sp³-hybridized carbons (Fsp3) is 0.357. The van der Waals surface area contributed by atoms with Crippen LogP contribution in [0.5, 0.6) is 0 Å². The molecule has 0 N–H and O–H groups in total. The highest BCUT2D eigenvalue weighted by Gasteiger charge is 2.41. The summed E-state index contributed by atoms with van der Waals surface area (Å²) in [5.74, 6) is -0.532. The number of ether oxygens (including phenoxy) is 1. The topological polar surface area (TPSA) is 35.5 Å². The smallest absolute Gasteiger partial charge is 0.340 e. The largest absolute Gasteiger partial charge is 0.465 e. The van der Waals surface area contributed by atoms with Gasteiger partial charge in [0.05, 0.1) is 30.9 Å². The first-order valence-electron chi connectivity index (χ1n) is 6.20. The quantitative estimate of drug-likeness (QED) is 0.577. The van der Waals surface area contributed by atoms with Crippen molar-refractivity contribution in [1.82, 2.24) is 0 Å². The van der Waals surface area contributed by atoms with E-state index in [2.05, 4.69) is 11.7 Å². The number of hydrogen-bond acceptors (Lipinski definition) is 3. The molecule has 0 radical (unpaired) electrons. The van der Waals surface area contributed by atoms with Crippen LogP contribution >= 0.6 is 31.4 Å². The number of methoxy groups -OCH3 is 1. The van der Waals surface area contributed by atoms with Crippen LogP contribution in [0.2, 0.25) is 10.0 Å². The van der Waals surface area contributed by atoms with Gasteiger partial charge in [0.25, 0.3) is 0 Å². The second-order valence-corrected chi connectivity index (χ2v) is 7.36. The summed E-state index contributed by atoms with van der Waals surface area (Å²) < 4.78 is 10.3. The maximum Gasteiger partial charge on any atom is 0.340 e. The van der Waals surface area contributed by atoms with Crippen LogP contribution in [0.3, 0.4) is 0 Å². The van der Waals surface area contributed by atoms with E-state index < -0.39 is 14.1 Å². The highest BCUT2D eigenvalue weighted by molar-refractivity contribution is 7.67. The number of allylic oxidation sites excluding steroid dienone is 1. The molecule has 1 saturated heterocycles. The first-order chi connectivity index (χ1) is 9.49. The van der Waals surface area contributed by atoms with Crippen molar-refractivity contribution in [3.8, 4) is 0 Å². The molecule has 20 heavy (non-hydrogen) atoms. The summed E-state index contributed by atoms with van der Waals surface area (Å²) in [6.45, 7) is 4.85. The Hall–Kier alpha value is -0.600. The van der Waals surface area contributed by atoms with Gasteiger partial charge < -0.3 is 9.26 Å². The molecule has 6 heteroatoms. The van der Waals surface area contributed by atoms with Gasteiger partial charge in [-0.15, -0.1) is 0 Å². The average molecular weight is 333 g/mol. The first-order valence-corrected chi connectivity index (χ1v) is 8.29. The van der Waals surface area contributed by atoms with E-state index in [9.17, 15) is 4.79 Å². The van der Waals surface area contributed by atoms with Crippen molar-refractivity contribution in [3.63, 3.8) is 0 Å². The minimum atomic E-state index is -0.532. The van der Waals surface area contributed by atoms with E-state index in [0.29, 0.717) is 15.7 Å². The Morgan fingerprint density at radius 3 is 2.50 bits per heavy atom. The monoisotopic (exact) mass is 332 g/mol. The molecular weight excluding hydrogens is 318 g/mol. The number of rotatable bonds is 4. The zero-order valence-electron chi connectivity index (χ0n) is 11.4. The Balaban J connectivity index is 2.28. The molecule has 108 valence electrons. The van der Waals surface area contributed by atoms with Gasteiger partial charge in [0.15, 0.2) is 0 Å².